The van der Waals surface area contributed by atoms with Gasteiger partial charge in [0, 0.05) is 24.0 Å². The summed E-state index contributed by atoms with van der Waals surface area (Å²) in [5.41, 5.74) is 0.856. The third kappa shape index (κ3) is 2.24. The van der Waals surface area contributed by atoms with Crippen molar-refractivity contribution in [3.8, 4) is 0 Å². The minimum absolute atomic E-state index is 0.127. The molecule has 0 bridgehead atoms. The van der Waals surface area contributed by atoms with Crippen molar-refractivity contribution < 1.29 is 13.6 Å². The lowest BCUT2D eigenvalue weighted by atomic mass is 10.2. The number of carbonyl (C=O) groups excluding carboxylic acids is 1. The molecule has 0 saturated carbocycles. The minimum Gasteiger partial charge on any atom is -0.333 e. The number of alkyl halides is 2. The molecule has 1 amide bonds. The van der Waals surface area contributed by atoms with Gasteiger partial charge in [-0.25, -0.2) is 0 Å². The number of likely N-dealkylation sites (tertiary alicyclic amines) is 1. The van der Waals surface area contributed by atoms with E-state index in [0.717, 1.165) is 10.0 Å². The van der Waals surface area contributed by atoms with Crippen LogP contribution in [0.1, 0.15) is 12.0 Å². The van der Waals surface area contributed by atoms with E-state index in [4.69, 9.17) is 0 Å². The molecule has 2 rings (SSSR count). The molecule has 0 atom stereocenters. The van der Waals surface area contributed by atoms with E-state index in [1.165, 1.54) is 4.90 Å². The van der Waals surface area contributed by atoms with Crippen LogP contribution in [0.15, 0.2) is 28.7 Å². The first-order valence-electron chi connectivity index (χ1n) is 4.91. The second-order valence-electron chi connectivity index (χ2n) is 3.81. The molecule has 1 aromatic carbocycles. The summed E-state index contributed by atoms with van der Waals surface area (Å²) in [6, 6.07) is 7.28. The molecule has 0 spiro atoms. The van der Waals surface area contributed by atoms with Crippen LogP contribution in [0.4, 0.5) is 8.78 Å². The number of hydrogen-bond donors (Lipinski definition) is 0. The average Bonchev–Trinajstić information content (AvgIpc) is 2.49. The van der Waals surface area contributed by atoms with Crippen molar-refractivity contribution in [3.63, 3.8) is 0 Å². The zero-order chi connectivity index (χ0) is 11.8. The summed E-state index contributed by atoms with van der Waals surface area (Å²) >= 11 is 3.29. The van der Waals surface area contributed by atoms with Crippen molar-refractivity contribution in [3.05, 3.63) is 34.3 Å². The van der Waals surface area contributed by atoms with E-state index < -0.39 is 11.8 Å². The highest BCUT2D eigenvalue weighted by Gasteiger charge is 2.47. The van der Waals surface area contributed by atoms with Crippen molar-refractivity contribution in [2.75, 3.05) is 6.54 Å². The van der Waals surface area contributed by atoms with Crippen LogP contribution in [0.25, 0.3) is 0 Å². The largest absolute Gasteiger partial charge is 0.333 e. The SMILES string of the molecule is O=C1N(Cc2ccc(Br)cc2)CCC1(F)F. The summed E-state index contributed by atoms with van der Waals surface area (Å²) < 4.78 is 26.8. The van der Waals surface area contributed by atoms with Gasteiger partial charge in [-0.3, -0.25) is 4.79 Å². The Labute approximate surface area is 100 Å². The molecule has 0 N–H and O–H groups in total. The van der Waals surface area contributed by atoms with E-state index in [1.54, 1.807) is 0 Å². The Morgan fingerprint density at radius 3 is 2.44 bits per heavy atom. The van der Waals surface area contributed by atoms with Crippen LogP contribution in [0, 0.1) is 0 Å². The third-order valence-electron chi connectivity index (χ3n) is 2.58. The van der Waals surface area contributed by atoms with Crippen LogP contribution >= 0.6 is 15.9 Å². The lowest BCUT2D eigenvalue weighted by Crippen LogP contribution is -2.32. The molecule has 0 unspecified atom stereocenters. The van der Waals surface area contributed by atoms with Gasteiger partial charge in [0.1, 0.15) is 0 Å². The number of benzene rings is 1. The van der Waals surface area contributed by atoms with Crippen molar-refractivity contribution >= 4 is 21.8 Å². The van der Waals surface area contributed by atoms with Gasteiger partial charge >= 0.3 is 5.92 Å². The van der Waals surface area contributed by atoms with Gasteiger partial charge in [0.25, 0.3) is 5.91 Å². The maximum atomic E-state index is 13.0. The molecule has 2 nitrogen and oxygen atoms in total. The van der Waals surface area contributed by atoms with Gasteiger partial charge in [0.15, 0.2) is 0 Å². The molecule has 1 heterocycles. The second-order valence-corrected chi connectivity index (χ2v) is 4.72. The maximum absolute atomic E-state index is 13.0. The smallest absolute Gasteiger partial charge is 0.326 e. The summed E-state index contributed by atoms with van der Waals surface area (Å²) in [6.07, 6.45) is -0.373. The summed E-state index contributed by atoms with van der Waals surface area (Å²) in [6.45, 7) is 0.379. The normalized spacial score (nSPS) is 19.2. The van der Waals surface area contributed by atoms with Gasteiger partial charge in [-0.1, -0.05) is 28.1 Å². The van der Waals surface area contributed by atoms with E-state index in [1.807, 2.05) is 24.3 Å². The number of rotatable bonds is 2. The van der Waals surface area contributed by atoms with Gasteiger partial charge in [-0.05, 0) is 17.7 Å². The third-order valence-corrected chi connectivity index (χ3v) is 3.11. The second kappa shape index (κ2) is 4.13. The topological polar surface area (TPSA) is 20.3 Å². The van der Waals surface area contributed by atoms with Gasteiger partial charge in [-0.2, -0.15) is 8.78 Å². The quantitative estimate of drug-likeness (QED) is 0.820. The number of hydrogen-bond acceptors (Lipinski definition) is 1. The lowest BCUT2D eigenvalue weighted by Gasteiger charge is -2.16. The zero-order valence-corrected chi connectivity index (χ0v) is 10.0. The first-order valence-corrected chi connectivity index (χ1v) is 5.70. The molecule has 1 aromatic rings. The lowest BCUT2D eigenvalue weighted by molar-refractivity contribution is -0.148. The van der Waals surface area contributed by atoms with Crippen LogP contribution in [-0.4, -0.2) is 23.3 Å². The molecule has 16 heavy (non-hydrogen) atoms. The molecule has 1 saturated heterocycles. The fourth-order valence-corrected chi connectivity index (χ4v) is 1.94. The van der Waals surface area contributed by atoms with E-state index >= 15 is 0 Å². The zero-order valence-electron chi connectivity index (χ0n) is 8.42. The molecule has 5 heteroatoms. The van der Waals surface area contributed by atoms with Gasteiger partial charge < -0.3 is 4.90 Å². The van der Waals surface area contributed by atoms with Gasteiger partial charge in [-0.15, -0.1) is 0 Å². The van der Waals surface area contributed by atoms with Gasteiger partial charge in [0.2, 0.25) is 0 Å². The van der Waals surface area contributed by atoms with E-state index in [2.05, 4.69) is 15.9 Å². The van der Waals surface area contributed by atoms with Gasteiger partial charge in [0.05, 0.1) is 0 Å². The summed E-state index contributed by atoms with van der Waals surface area (Å²) in [5, 5.41) is 0. The van der Waals surface area contributed by atoms with E-state index in [9.17, 15) is 13.6 Å². The van der Waals surface area contributed by atoms with Crippen molar-refractivity contribution in [1.82, 2.24) is 4.90 Å². The summed E-state index contributed by atoms with van der Waals surface area (Å²) in [4.78, 5) is 12.5. The highest BCUT2D eigenvalue weighted by molar-refractivity contribution is 9.10. The van der Waals surface area contributed by atoms with Crippen LogP contribution in [0.3, 0.4) is 0 Å². The fraction of sp³-hybridized carbons (Fsp3) is 0.364. The molecule has 0 aliphatic carbocycles. The van der Waals surface area contributed by atoms with Crippen molar-refractivity contribution in [1.29, 1.82) is 0 Å². The van der Waals surface area contributed by atoms with E-state index in [0.29, 0.717) is 0 Å². The highest BCUT2D eigenvalue weighted by atomic mass is 79.9. The summed E-state index contributed by atoms with van der Waals surface area (Å²) in [7, 11) is 0. The predicted molar refractivity (Wildman–Crippen MR) is 59.1 cm³/mol. The predicted octanol–water partition coefficient (Wildman–Crippen LogP) is 2.82. The molecule has 1 aliphatic rings. The van der Waals surface area contributed by atoms with Crippen molar-refractivity contribution in [2.45, 2.75) is 18.9 Å². The fourth-order valence-electron chi connectivity index (χ4n) is 1.68. The summed E-state index contributed by atoms with van der Waals surface area (Å²) in [5.74, 6) is -4.23. The molecule has 0 radical (unpaired) electrons. The Morgan fingerprint density at radius 2 is 1.94 bits per heavy atom. The maximum Gasteiger partial charge on any atom is 0.326 e. The number of nitrogens with zero attached hydrogens (tertiary/aromatic N) is 1. The average molecular weight is 290 g/mol. The molecule has 1 fully saturated rings. The van der Waals surface area contributed by atoms with Crippen LogP contribution in [0.2, 0.25) is 0 Å². The Hall–Kier alpha value is -0.970. The monoisotopic (exact) mass is 289 g/mol. The van der Waals surface area contributed by atoms with E-state index in [-0.39, 0.29) is 19.5 Å². The Kier molecular flexibility index (Phi) is 2.97. The number of halogens is 3. The van der Waals surface area contributed by atoms with Crippen molar-refractivity contribution in [2.24, 2.45) is 0 Å². The Morgan fingerprint density at radius 1 is 1.31 bits per heavy atom. The first kappa shape index (κ1) is 11.5. The molecular formula is C11H10BrF2NO. The number of carbonyl (C=O) groups is 1. The van der Waals surface area contributed by atoms with Crippen LogP contribution in [0.5, 0.6) is 0 Å². The molecular weight excluding hydrogens is 280 g/mol. The molecule has 0 aromatic heterocycles. The Balaban J connectivity index is 2.07. The van der Waals surface area contributed by atoms with Crippen LogP contribution in [-0.2, 0) is 11.3 Å². The first-order chi connectivity index (χ1) is 7.49. The number of amides is 1. The molecule has 86 valence electrons. The minimum atomic E-state index is -3.17. The van der Waals surface area contributed by atoms with Crippen LogP contribution < -0.4 is 0 Å². The standard InChI is InChI=1S/C11H10BrF2NO/c12-9-3-1-8(2-4-9)7-15-6-5-11(13,14)10(15)16/h1-4H,5-7H2. The molecule has 1 aliphatic heterocycles. The Bertz CT molecular complexity index is 405. The highest BCUT2D eigenvalue weighted by Crippen LogP contribution is 2.29.